The lowest BCUT2D eigenvalue weighted by Gasteiger charge is -2.24. The number of ether oxygens (including phenoxy) is 3. The smallest absolute Gasteiger partial charge is 0.145 e. The molecule has 1 aromatic carbocycles. The van der Waals surface area contributed by atoms with Gasteiger partial charge in [-0.05, 0) is 53.7 Å². The van der Waals surface area contributed by atoms with E-state index in [2.05, 4.69) is 26.1 Å². The second-order valence-corrected chi connectivity index (χ2v) is 7.05. The topological polar surface area (TPSA) is 39.7 Å². The molecule has 0 amide bonds. The molecule has 0 radical (unpaired) electrons. The molecule has 0 fully saturated rings. The lowest BCUT2D eigenvalue weighted by atomic mass is 10.1. The zero-order valence-electron chi connectivity index (χ0n) is 14.4. The molecule has 0 aromatic heterocycles. The average Bonchev–Trinajstić information content (AvgIpc) is 2.33. The third kappa shape index (κ3) is 7.23. The average molecular weight is 295 g/mol. The van der Waals surface area contributed by atoms with Gasteiger partial charge in [0.2, 0.25) is 0 Å². The highest BCUT2D eigenvalue weighted by Crippen LogP contribution is 2.31. The zero-order chi connectivity index (χ0) is 16.1. The SMILES string of the molecule is COc1cc(OCCOC(C)(C)C)ccc1NC(C)(C)C. The quantitative estimate of drug-likeness (QED) is 0.802. The van der Waals surface area contributed by atoms with Crippen molar-refractivity contribution in [3.63, 3.8) is 0 Å². The summed E-state index contributed by atoms with van der Waals surface area (Å²) in [6.07, 6.45) is 0. The van der Waals surface area contributed by atoms with Crippen molar-refractivity contribution in [2.45, 2.75) is 52.7 Å². The van der Waals surface area contributed by atoms with E-state index in [9.17, 15) is 0 Å². The van der Waals surface area contributed by atoms with Crippen LogP contribution in [0.25, 0.3) is 0 Å². The van der Waals surface area contributed by atoms with Crippen LogP contribution in [-0.4, -0.2) is 31.5 Å². The van der Waals surface area contributed by atoms with Gasteiger partial charge in [0, 0.05) is 11.6 Å². The molecular weight excluding hydrogens is 266 g/mol. The Morgan fingerprint density at radius 3 is 2.19 bits per heavy atom. The first-order valence-electron chi connectivity index (χ1n) is 7.34. The monoisotopic (exact) mass is 295 g/mol. The normalized spacial score (nSPS) is 12.1. The van der Waals surface area contributed by atoms with Gasteiger partial charge < -0.3 is 19.5 Å². The minimum Gasteiger partial charge on any atom is -0.494 e. The van der Waals surface area contributed by atoms with Crippen LogP contribution in [-0.2, 0) is 4.74 Å². The number of hydrogen-bond donors (Lipinski definition) is 1. The lowest BCUT2D eigenvalue weighted by Crippen LogP contribution is -2.26. The molecule has 0 aliphatic carbocycles. The maximum atomic E-state index is 5.70. The third-order valence-electron chi connectivity index (χ3n) is 2.57. The van der Waals surface area contributed by atoms with Gasteiger partial charge in [0.05, 0.1) is 25.0 Å². The molecule has 4 heteroatoms. The summed E-state index contributed by atoms with van der Waals surface area (Å²) >= 11 is 0. The van der Waals surface area contributed by atoms with Gasteiger partial charge in [0.1, 0.15) is 18.1 Å². The van der Waals surface area contributed by atoms with Gasteiger partial charge in [0.25, 0.3) is 0 Å². The van der Waals surface area contributed by atoms with Crippen LogP contribution in [0, 0.1) is 0 Å². The van der Waals surface area contributed by atoms with Crippen molar-refractivity contribution >= 4 is 5.69 Å². The molecule has 120 valence electrons. The van der Waals surface area contributed by atoms with E-state index in [1.54, 1.807) is 7.11 Å². The van der Waals surface area contributed by atoms with Crippen molar-refractivity contribution in [2.24, 2.45) is 0 Å². The molecule has 0 saturated carbocycles. The molecule has 0 unspecified atom stereocenters. The van der Waals surface area contributed by atoms with E-state index >= 15 is 0 Å². The second-order valence-electron chi connectivity index (χ2n) is 7.05. The fraction of sp³-hybridized carbons (Fsp3) is 0.647. The van der Waals surface area contributed by atoms with E-state index in [0.717, 1.165) is 17.2 Å². The van der Waals surface area contributed by atoms with Gasteiger partial charge in [-0.3, -0.25) is 0 Å². The van der Waals surface area contributed by atoms with Crippen molar-refractivity contribution < 1.29 is 14.2 Å². The van der Waals surface area contributed by atoms with Crippen LogP contribution in [0.2, 0.25) is 0 Å². The van der Waals surface area contributed by atoms with Gasteiger partial charge in [-0.1, -0.05) is 0 Å². The van der Waals surface area contributed by atoms with Gasteiger partial charge in [-0.25, -0.2) is 0 Å². The fourth-order valence-electron chi connectivity index (χ4n) is 1.78. The largest absolute Gasteiger partial charge is 0.494 e. The molecule has 0 atom stereocenters. The van der Waals surface area contributed by atoms with Gasteiger partial charge in [-0.2, -0.15) is 0 Å². The first-order valence-corrected chi connectivity index (χ1v) is 7.34. The predicted octanol–water partition coefficient (Wildman–Crippen LogP) is 4.10. The molecule has 0 bridgehead atoms. The third-order valence-corrected chi connectivity index (χ3v) is 2.57. The van der Waals surface area contributed by atoms with Crippen molar-refractivity contribution in [2.75, 3.05) is 25.6 Å². The van der Waals surface area contributed by atoms with Crippen LogP contribution < -0.4 is 14.8 Å². The summed E-state index contributed by atoms with van der Waals surface area (Å²) in [4.78, 5) is 0. The summed E-state index contributed by atoms with van der Waals surface area (Å²) in [5.74, 6) is 1.56. The van der Waals surface area contributed by atoms with Crippen LogP contribution in [0.3, 0.4) is 0 Å². The number of rotatable bonds is 6. The summed E-state index contributed by atoms with van der Waals surface area (Å²) in [6.45, 7) is 13.5. The first kappa shape index (κ1) is 17.6. The summed E-state index contributed by atoms with van der Waals surface area (Å²) in [5.41, 5.74) is 0.806. The summed E-state index contributed by atoms with van der Waals surface area (Å²) in [5, 5.41) is 3.41. The maximum Gasteiger partial charge on any atom is 0.145 e. The molecule has 0 saturated heterocycles. The molecule has 1 aromatic rings. The highest BCUT2D eigenvalue weighted by molar-refractivity contribution is 5.60. The highest BCUT2D eigenvalue weighted by atomic mass is 16.5. The van der Waals surface area contributed by atoms with E-state index in [1.165, 1.54) is 0 Å². The van der Waals surface area contributed by atoms with E-state index < -0.39 is 0 Å². The minimum atomic E-state index is -0.137. The number of nitrogens with one attached hydrogen (secondary N) is 1. The number of methoxy groups -OCH3 is 1. The summed E-state index contributed by atoms with van der Waals surface area (Å²) < 4.78 is 16.7. The van der Waals surface area contributed by atoms with Gasteiger partial charge in [-0.15, -0.1) is 0 Å². The van der Waals surface area contributed by atoms with Gasteiger partial charge >= 0.3 is 0 Å². The Kier molecular flexibility index (Phi) is 5.90. The molecule has 0 spiro atoms. The molecule has 0 heterocycles. The van der Waals surface area contributed by atoms with Crippen molar-refractivity contribution in [1.82, 2.24) is 0 Å². The molecule has 0 aliphatic rings. The van der Waals surface area contributed by atoms with Crippen LogP contribution in [0.15, 0.2) is 18.2 Å². The van der Waals surface area contributed by atoms with Crippen molar-refractivity contribution in [3.05, 3.63) is 18.2 Å². The van der Waals surface area contributed by atoms with Crippen LogP contribution in [0.5, 0.6) is 11.5 Å². The van der Waals surface area contributed by atoms with Crippen molar-refractivity contribution in [1.29, 1.82) is 0 Å². The maximum absolute atomic E-state index is 5.70. The standard InChI is InChI=1S/C17H29NO3/c1-16(2,3)18-14-9-8-13(12-15(14)19-7)20-10-11-21-17(4,5)6/h8-9,12,18H,10-11H2,1-7H3. The molecular formula is C17H29NO3. The second kappa shape index (κ2) is 7.03. The molecule has 0 aliphatic heterocycles. The Hall–Kier alpha value is -1.42. The Labute approximate surface area is 128 Å². The van der Waals surface area contributed by atoms with E-state index in [1.807, 2.05) is 39.0 Å². The van der Waals surface area contributed by atoms with Crippen LogP contribution in [0.1, 0.15) is 41.5 Å². The Bertz CT molecular complexity index is 444. The molecule has 1 N–H and O–H groups in total. The van der Waals surface area contributed by atoms with Crippen LogP contribution >= 0.6 is 0 Å². The Morgan fingerprint density at radius 1 is 1.00 bits per heavy atom. The van der Waals surface area contributed by atoms with E-state index in [0.29, 0.717) is 13.2 Å². The lowest BCUT2D eigenvalue weighted by molar-refractivity contribution is -0.0163. The van der Waals surface area contributed by atoms with Crippen molar-refractivity contribution in [3.8, 4) is 11.5 Å². The van der Waals surface area contributed by atoms with E-state index in [-0.39, 0.29) is 11.1 Å². The Balaban J connectivity index is 2.61. The van der Waals surface area contributed by atoms with E-state index in [4.69, 9.17) is 14.2 Å². The molecule has 4 nitrogen and oxygen atoms in total. The first-order chi connectivity index (χ1) is 9.61. The van der Waals surface area contributed by atoms with Crippen LogP contribution in [0.4, 0.5) is 5.69 Å². The molecule has 1 rings (SSSR count). The predicted molar refractivity (Wildman–Crippen MR) is 87.6 cm³/mol. The Morgan fingerprint density at radius 2 is 1.67 bits per heavy atom. The zero-order valence-corrected chi connectivity index (χ0v) is 14.4. The molecule has 21 heavy (non-hydrogen) atoms. The number of hydrogen-bond acceptors (Lipinski definition) is 4. The minimum absolute atomic E-state index is 0.0177. The number of anilines is 1. The summed E-state index contributed by atoms with van der Waals surface area (Å²) in [7, 11) is 1.66. The fourth-order valence-corrected chi connectivity index (χ4v) is 1.78. The number of benzene rings is 1. The highest BCUT2D eigenvalue weighted by Gasteiger charge is 2.14. The van der Waals surface area contributed by atoms with Gasteiger partial charge in [0.15, 0.2) is 0 Å². The summed E-state index contributed by atoms with van der Waals surface area (Å²) in [6, 6.07) is 5.81.